The van der Waals surface area contributed by atoms with Crippen molar-refractivity contribution in [3.63, 3.8) is 0 Å². The van der Waals surface area contributed by atoms with Gasteiger partial charge in [0.05, 0.1) is 12.6 Å². The molecule has 0 spiro atoms. The van der Waals surface area contributed by atoms with Crippen LogP contribution in [0.4, 0.5) is 14.5 Å². The number of halogens is 2. The number of guanidine groups is 1. The number of rotatable bonds is 5. The van der Waals surface area contributed by atoms with Crippen LogP contribution in [0, 0.1) is 11.6 Å². The highest BCUT2D eigenvalue weighted by atomic mass is 19.2. The number of hydrogen-bond donors (Lipinski definition) is 4. The van der Waals surface area contributed by atoms with Crippen LogP contribution in [-0.2, 0) is 9.59 Å². The number of phenols is 1. The van der Waals surface area contributed by atoms with Gasteiger partial charge in [-0.15, -0.1) is 0 Å². The molecule has 0 saturated carbocycles. The van der Waals surface area contributed by atoms with Crippen molar-refractivity contribution >= 4 is 29.7 Å². The van der Waals surface area contributed by atoms with Crippen LogP contribution in [0.25, 0.3) is 0 Å². The van der Waals surface area contributed by atoms with Crippen molar-refractivity contribution in [2.45, 2.75) is 12.5 Å². The van der Waals surface area contributed by atoms with Crippen LogP contribution >= 0.6 is 0 Å². The summed E-state index contributed by atoms with van der Waals surface area (Å²) in [5.74, 6) is -3.14. The van der Waals surface area contributed by atoms with Gasteiger partial charge >= 0.3 is 0 Å². The molecule has 1 atom stereocenters. The molecule has 0 radical (unpaired) electrons. The van der Waals surface area contributed by atoms with Crippen LogP contribution in [-0.4, -0.2) is 35.1 Å². The number of nitrogens with zero attached hydrogens (tertiary/aromatic N) is 2. The first-order valence-corrected chi connectivity index (χ1v) is 8.13. The van der Waals surface area contributed by atoms with Crippen molar-refractivity contribution in [3.8, 4) is 5.75 Å². The number of aromatic hydroxyl groups is 1. The maximum Gasteiger partial charge on any atom is 0.252 e. The van der Waals surface area contributed by atoms with Gasteiger partial charge in [-0.05, 0) is 24.3 Å². The Bertz CT molecular complexity index is 977. The topological polar surface area (TPSA) is 115 Å². The zero-order valence-corrected chi connectivity index (χ0v) is 14.3. The summed E-state index contributed by atoms with van der Waals surface area (Å²) in [6.45, 7) is 0. The fraction of sp³-hybridized carbons (Fsp3) is 0.111. The Labute approximate surface area is 158 Å². The molecule has 1 unspecified atom stereocenters. The van der Waals surface area contributed by atoms with Crippen LogP contribution in [0.1, 0.15) is 12.0 Å². The summed E-state index contributed by atoms with van der Waals surface area (Å²) in [5.41, 5.74) is 3.03. The second-order valence-corrected chi connectivity index (χ2v) is 5.79. The molecule has 1 heterocycles. The van der Waals surface area contributed by atoms with Crippen molar-refractivity contribution in [3.05, 3.63) is 59.7 Å². The Morgan fingerprint density at radius 2 is 2.04 bits per heavy atom. The number of para-hydroxylation sites is 1. The molecule has 2 aromatic rings. The number of carbonyl (C=O) groups excluding carboxylic acids is 2. The van der Waals surface area contributed by atoms with Gasteiger partial charge in [0.2, 0.25) is 11.9 Å². The lowest BCUT2D eigenvalue weighted by Gasteiger charge is -2.07. The Balaban J connectivity index is 1.56. The second-order valence-electron chi connectivity index (χ2n) is 5.79. The molecule has 4 N–H and O–H groups in total. The summed E-state index contributed by atoms with van der Waals surface area (Å²) in [4.78, 5) is 27.9. The molecule has 144 valence electrons. The Hall–Kier alpha value is -3.82. The third kappa shape index (κ3) is 4.67. The highest BCUT2D eigenvalue weighted by molar-refractivity contribution is 6.07. The molecule has 3 rings (SSSR count). The van der Waals surface area contributed by atoms with E-state index in [1.807, 2.05) is 0 Å². The van der Waals surface area contributed by atoms with E-state index in [1.165, 1.54) is 18.3 Å². The molecule has 2 amide bonds. The molecule has 10 heteroatoms. The first-order chi connectivity index (χ1) is 13.4. The summed E-state index contributed by atoms with van der Waals surface area (Å²) in [7, 11) is 0. The first kappa shape index (κ1) is 19.0. The van der Waals surface area contributed by atoms with Crippen LogP contribution in [0.3, 0.4) is 0 Å². The molecule has 2 aromatic carbocycles. The van der Waals surface area contributed by atoms with Gasteiger partial charge in [0.15, 0.2) is 11.6 Å². The number of anilines is 1. The SMILES string of the molecule is O=C(CC1N=C(N/N=C/c2ccccc2O)NC1=O)Nc1ccc(F)c(F)c1. The summed E-state index contributed by atoms with van der Waals surface area (Å²) in [6.07, 6.45) is 1.05. The zero-order valence-electron chi connectivity index (χ0n) is 14.3. The third-order valence-electron chi connectivity index (χ3n) is 3.72. The largest absolute Gasteiger partial charge is 0.507 e. The number of hydrazone groups is 1. The highest BCUT2D eigenvalue weighted by Gasteiger charge is 2.28. The van der Waals surface area contributed by atoms with E-state index in [0.717, 1.165) is 12.1 Å². The Kier molecular flexibility index (Phi) is 5.58. The monoisotopic (exact) mass is 387 g/mol. The van der Waals surface area contributed by atoms with Crippen LogP contribution in [0.15, 0.2) is 52.6 Å². The fourth-order valence-electron chi connectivity index (χ4n) is 2.36. The summed E-state index contributed by atoms with van der Waals surface area (Å²) in [6, 6.07) is 8.46. The molecule has 8 nitrogen and oxygen atoms in total. The van der Waals surface area contributed by atoms with E-state index in [9.17, 15) is 23.5 Å². The molecular weight excluding hydrogens is 372 g/mol. The third-order valence-corrected chi connectivity index (χ3v) is 3.72. The van der Waals surface area contributed by atoms with Gasteiger partial charge in [-0.2, -0.15) is 5.10 Å². The number of amides is 2. The summed E-state index contributed by atoms with van der Waals surface area (Å²) >= 11 is 0. The highest BCUT2D eigenvalue weighted by Crippen LogP contribution is 2.15. The van der Waals surface area contributed by atoms with Gasteiger partial charge in [0.25, 0.3) is 5.91 Å². The molecule has 0 aliphatic carbocycles. The molecule has 1 aliphatic heterocycles. The lowest BCUT2D eigenvalue weighted by Crippen LogP contribution is -2.35. The Morgan fingerprint density at radius 3 is 2.79 bits per heavy atom. The number of benzene rings is 2. The van der Waals surface area contributed by atoms with Gasteiger partial charge in [-0.25, -0.2) is 19.2 Å². The number of hydrogen-bond acceptors (Lipinski definition) is 6. The van der Waals surface area contributed by atoms with Gasteiger partial charge in [0.1, 0.15) is 11.8 Å². The van der Waals surface area contributed by atoms with Crippen molar-refractivity contribution in [2.24, 2.45) is 10.1 Å². The fourth-order valence-corrected chi connectivity index (χ4v) is 2.36. The van der Waals surface area contributed by atoms with Crippen molar-refractivity contribution in [1.29, 1.82) is 0 Å². The van der Waals surface area contributed by atoms with E-state index >= 15 is 0 Å². The van der Waals surface area contributed by atoms with Crippen molar-refractivity contribution < 1.29 is 23.5 Å². The number of nitrogens with one attached hydrogen (secondary N) is 3. The summed E-state index contributed by atoms with van der Waals surface area (Å²) < 4.78 is 26.1. The van der Waals surface area contributed by atoms with Crippen molar-refractivity contribution in [2.75, 3.05) is 5.32 Å². The lowest BCUT2D eigenvalue weighted by atomic mass is 10.2. The van der Waals surface area contributed by atoms with E-state index in [4.69, 9.17) is 0 Å². The van der Waals surface area contributed by atoms with Gasteiger partial charge in [-0.3, -0.25) is 14.9 Å². The predicted octanol–water partition coefficient (Wildman–Crippen LogP) is 1.48. The zero-order chi connectivity index (χ0) is 20.1. The van der Waals surface area contributed by atoms with Gasteiger partial charge in [-0.1, -0.05) is 12.1 Å². The van der Waals surface area contributed by atoms with Crippen LogP contribution < -0.4 is 16.1 Å². The van der Waals surface area contributed by atoms with Gasteiger partial charge in [0, 0.05) is 17.3 Å². The predicted molar refractivity (Wildman–Crippen MR) is 97.8 cm³/mol. The van der Waals surface area contributed by atoms with Crippen LogP contribution in [0.5, 0.6) is 5.75 Å². The minimum Gasteiger partial charge on any atom is -0.507 e. The molecule has 0 aromatic heterocycles. The number of carbonyl (C=O) groups is 2. The second kappa shape index (κ2) is 8.25. The maximum absolute atomic E-state index is 13.2. The molecule has 0 saturated heterocycles. The average Bonchev–Trinajstić information content (AvgIpc) is 2.99. The molecule has 0 fully saturated rings. The quantitative estimate of drug-likeness (QED) is 0.459. The first-order valence-electron chi connectivity index (χ1n) is 8.13. The minimum atomic E-state index is -1.09. The minimum absolute atomic E-state index is 0.0391. The molecule has 28 heavy (non-hydrogen) atoms. The van der Waals surface area contributed by atoms with E-state index in [0.29, 0.717) is 5.56 Å². The molecule has 0 bridgehead atoms. The van der Waals surface area contributed by atoms with E-state index in [1.54, 1.807) is 18.2 Å². The smallest absolute Gasteiger partial charge is 0.252 e. The van der Waals surface area contributed by atoms with E-state index in [2.05, 4.69) is 26.2 Å². The van der Waals surface area contributed by atoms with E-state index < -0.39 is 29.5 Å². The van der Waals surface area contributed by atoms with E-state index in [-0.39, 0.29) is 23.8 Å². The van der Waals surface area contributed by atoms with Gasteiger partial charge < -0.3 is 10.4 Å². The number of phenolic OH excluding ortho intramolecular Hbond substituents is 1. The average molecular weight is 387 g/mol. The lowest BCUT2D eigenvalue weighted by molar-refractivity contribution is -0.123. The summed E-state index contributed by atoms with van der Waals surface area (Å²) in [5, 5.41) is 18.3. The Morgan fingerprint density at radius 1 is 1.25 bits per heavy atom. The van der Waals surface area contributed by atoms with Crippen molar-refractivity contribution in [1.82, 2.24) is 10.7 Å². The normalized spacial score (nSPS) is 16.0. The standard InChI is InChI=1S/C18H15F2N5O3/c19-12-6-5-11(7-13(12)20)22-16(27)8-14-17(28)24-18(23-14)25-21-9-10-3-1-2-4-15(10)26/h1-7,9,14,26H,8H2,(H,22,27)(H2,23,24,25,28)/b21-9+. The molecule has 1 aliphatic rings. The van der Waals surface area contributed by atoms with Crippen LogP contribution in [0.2, 0.25) is 0 Å². The number of aliphatic imine (C=N–C) groups is 1. The molecular formula is C18H15F2N5O3. The maximum atomic E-state index is 13.2.